The van der Waals surface area contributed by atoms with Crippen LogP contribution in [0.4, 0.5) is 9.80 Å². The first-order valence-electron chi connectivity index (χ1n) is 15.4. The predicted molar refractivity (Wildman–Crippen MR) is 177 cm³/mol. The number of hydrogen-bond acceptors (Lipinski definition) is 11. The van der Waals surface area contributed by atoms with Crippen LogP contribution in [-0.2, 0) is 41.5 Å². The molecule has 0 radical (unpaired) electrons. The van der Waals surface area contributed by atoms with Gasteiger partial charge in [0.15, 0.2) is 0 Å². The average molecular weight is 661 g/mol. The molecule has 1 aliphatic rings. The minimum Gasteiger partial charge on any atom is -0.466 e. The van der Waals surface area contributed by atoms with Crippen LogP contribution >= 0.6 is 22.7 Å². The highest BCUT2D eigenvalue weighted by atomic mass is 32.1. The van der Waals surface area contributed by atoms with Gasteiger partial charge in [0.25, 0.3) is 0 Å². The lowest BCUT2D eigenvalue weighted by Crippen LogP contribution is -2.39. The Hall–Kier alpha value is -3.10. The number of thiophene rings is 1. The van der Waals surface area contributed by atoms with Gasteiger partial charge in [-0.05, 0) is 58.2 Å². The number of esters is 1. The lowest BCUT2D eigenvalue weighted by molar-refractivity contribution is -0.143. The minimum atomic E-state index is -0.569. The molecule has 13 heteroatoms. The summed E-state index contributed by atoms with van der Waals surface area (Å²) in [6.07, 6.45) is 1.62. The molecule has 1 aromatic carbocycles. The number of thiazole rings is 1. The van der Waals surface area contributed by atoms with Crippen LogP contribution in [0.5, 0.6) is 0 Å². The number of fused-ring (bicyclic) bond motifs is 2. The number of benzene rings is 1. The molecule has 2 aromatic heterocycles. The van der Waals surface area contributed by atoms with Crippen molar-refractivity contribution in [1.82, 2.24) is 15.2 Å². The molecule has 2 N–H and O–H groups in total. The van der Waals surface area contributed by atoms with Crippen molar-refractivity contribution in [3.05, 3.63) is 34.7 Å². The summed E-state index contributed by atoms with van der Waals surface area (Å²) in [5.41, 5.74) is 2.44. The Morgan fingerprint density at radius 1 is 1.00 bits per heavy atom. The van der Waals surface area contributed by atoms with Gasteiger partial charge in [-0.2, -0.15) is 0 Å². The maximum Gasteiger partial charge on any atom is 0.410 e. The topological polar surface area (TPSA) is 128 Å². The highest BCUT2D eigenvalue weighted by molar-refractivity contribution is 7.22. The maximum atomic E-state index is 13.0. The zero-order valence-electron chi connectivity index (χ0n) is 26.6. The van der Waals surface area contributed by atoms with Gasteiger partial charge in [0.05, 0.1) is 43.2 Å². The molecule has 11 nitrogen and oxygen atoms in total. The Kier molecular flexibility index (Phi) is 13.1. The molecule has 45 heavy (non-hydrogen) atoms. The normalized spacial score (nSPS) is 13.1. The number of para-hydroxylation sites is 1. The van der Waals surface area contributed by atoms with E-state index in [2.05, 4.69) is 16.7 Å². The van der Waals surface area contributed by atoms with Gasteiger partial charge in [0.1, 0.15) is 15.6 Å². The Balaban J connectivity index is 1.26. The molecule has 0 unspecified atom stereocenters. The highest BCUT2D eigenvalue weighted by Gasteiger charge is 2.31. The van der Waals surface area contributed by atoms with E-state index >= 15 is 0 Å². The molecule has 0 saturated carbocycles. The molecular formula is C32H44N4O7S2. The van der Waals surface area contributed by atoms with Crippen molar-refractivity contribution >= 4 is 55.9 Å². The number of ether oxygens (including phenoxy) is 4. The Labute approximate surface area is 272 Å². The summed E-state index contributed by atoms with van der Waals surface area (Å²) in [5.74, 6) is -0.295. The molecule has 2 amide bonds. The first kappa shape index (κ1) is 34.8. The van der Waals surface area contributed by atoms with E-state index in [9.17, 15) is 14.4 Å². The number of carbonyl (C=O) groups is 3. The summed E-state index contributed by atoms with van der Waals surface area (Å²) >= 11 is 3.12. The minimum absolute atomic E-state index is 0.0930. The number of carbonyl (C=O) groups excluding carboxylic acids is 3. The third-order valence-corrected chi connectivity index (χ3v) is 8.95. The van der Waals surface area contributed by atoms with Crippen LogP contribution in [0.3, 0.4) is 0 Å². The zero-order valence-corrected chi connectivity index (χ0v) is 28.2. The lowest BCUT2D eigenvalue weighted by Gasteiger charge is -2.30. The third kappa shape index (κ3) is 10.7. The lowest BCUT2D eigenvalue weighted by atomic mass is 10.0. The third-order valence-electron chi connectivity index (χ3n) is 6.77. The van der Waals surface area contributed by atoms with Crippen LogP contribution in [0.15, 0.2) is 24.3 Å². The molecule has 246 valence electrons. The fraction of sp³-hybridized carbons (Fsp3) is 0.562. The first-order chi connectivity index (χ1) is 21.6. The molecule has 0 saturated heterocycles. The van der Waals surface area contributed by atoms with Gasteiger partial charge >= 0.3 is 12.1 Å². The number of nitrogens with zero attached hydrogens (tertiary/aromatic N) is 2. The Morgan fingerprint density at radius 3 is 2.53 bits per heavy atom. The number of rotatable bonds is 16. The van der Waals surface area contributed by atoms with Gasteiger partial charge in [-0.1, -0.05) is 12.1 Å². The van der Waals surface area contributed by atoms with Crippen molar-refractivity contribution in [3.63, 3.8) is 0 Å². The van der Waals surface area contributed by atoms with E-state index in [0.717, 1.165) is 36.2 Å². The highest BCUT2D eigenvalue weighted by Crippen LogP contribution is 2.45. The fourth-order valence-corrected chi connectivity index (χ4v) is 7.10. The number of anilines is 1. The summed E-state index contributed by atoms with van der Waals surface area (Å²) in [6.45, 7) is 11.8. The van der Waals surface area contributed by atoms with Crippen LogP contribution in [0.25, 0.3) is 20.8 Å². The monoisotopic (exact) mass is 660 g/mol. The van der Waals surface area contributed by atoms with Gasteiger partial charge in [0, 0.05) is 49.5 Å². The number of nitrogens with one attached hydrogen (secondary N) is 2. The van der Waals surface area contributed by atoms with E-state index in [1.807, 2.05) is 39.0 Å². The molecule has 3 aromatic rings. The summed E-state index contributed by atoms with van der Waals surface area (Å²) in [4.78, 5) is 44.8. The molecule has 0 fully saturated rings. The van der Waals surface area contributed by atoms with Crippen molar-refractivity contribution in [2.45, 2.75) is 65.5 Å². The van der Waals surface area contributed by atoms with Crippen molar-refractivity contribution in [1.29, 1.82) is 0 Å². The number of hydrogen-bond donors (Lipinski definition) is 2. The predicted octanol–water partition coefficient (Wildman–Crippen LogP) is 5.61. The van der Waals surface area contributed by atoms with E-state index in [1.54, 1.807) is 23.2 Å². The standard InChI is InChI=1S/C32H44N4O7S2/c1-5-42-27(38)11-8-17-40-19-20-41-18-15-33-14-12-26(37)35-30-28(29-34-23-9-6-7-10-24(23)44-29)22-13-16-36(21-25(22)45-30)31(39)43-32(2,3)4/h6-7,9-10,33H,5,8,11-21H2,1-4H3,(H,35,37). The van der Waals surface area contributed by atoms with E-state index < -0.39 is 5.60 Å². The maximum absolute atomic E-state index is 13.0. The van der Waals surface area contributed by atoms with Crippen molar-refractivity contribution in [2.24, 2.45) is 0 Å². The Bertz CT molecular complexity index is 1400. The molecule has 0 aliphatic carbocycles. The summed E-state index contributed by atoms with van der Waals surface area (Å²) in [5, 5.41) is 8.01. The SMILES string of the molecule is CCOC(=O)CCCOCCOCCNCCC(=O)Nc1sc2c(c1-c1nc3ccccc3s1)CCN(C(=O)OC(C)(C)C)C2. The van der Waals surface area contributed by atoms with Crippen molar-refractivity contribution in [2.75, 3.05) is 58.0 Å². The van der Waals surface area contributed by atoms with Crippen LogP contribution in [-0.4, -0.2) is 86.1 Å². The van der Waals surface area contributed by atoms with Crippen molar-refractivity contribution in [3.8, 4) is 10.6 Å². The van der Waals surface area contributed by atoms with Crippen LogP contribution in [0.1, 0.15) is 57.4 Å². The van der Waals surface area contributed by atoms with Gasteiger partial charge in [0.2, 0.25) is 5.91 Å². The van der Waals surface area contributed by atoms with Gasteiger partial charge in [-0.3, -0.25) is 9.59 Å². The molecule has 4 rings (SSSR count). The molecular weight excluding hydrogens is 617 g/mol. The van der Waals surface area contributed by atoms with E-state index in [1.165, 1.54) is 11.3 Å². The fourth-order valence-electron chi connectivity index (χ4n) is 4.71. The molecule has 0 spiro atoms. The van der Waals surface area contributed by atoms with Crippen LogP contribution in [0.2, 0.25) is 0 Å². The van der Waals surface area contributed by atoms with Crippen LogP contribution < -0.4 is 10.6 Å². The molecule has 3 heterocycles. The number of aromatic nitrogens is 1. The van der Waals surface area contributed by atoms with Crippen LogP contribution in [0, 0.1) is 0 Å². The van der Waals surface area contributed by atoms with Crippen molar-refractivity contribution < 1.29 is 33.3 Å². The molecule has 0 bridgehead atoms. The summed E-state index contributed by atoms with van der Waals surface area (Å²) in [6, 6.07) is 8.01. The first-order valence-corrected chi connectivity index (χ1v) is 17.1. The van der Waals surface area contributed by atoms with Gasteiger partial charge in [-0.15, -0.1) is 22.7 Å². The Morgan fingerprint density at radius 2 is 1.78 bits per heavy atom. The molecule has 1 aliphatic heterocycles. The van der Waals surface area contributed by atoms with E-state index in [-0.39, 0.29) is 18.0 Å². The second-order valence-corrected chi connectivity index (χ2v) is 13.7. The number of amides is 2. The van der Waals surface area contributed by atoms with Gasteiger partial charge in [-0.25, -0.2) is 9.78 Å². The smallest absolute Gasteiger partial charge is 0.410 e. The molecule has 0 atom stereocenters. The average Bonchev–Trinajstić information content (AvgIpc) is 3.57. The summed E-state index contributed by atoms with van der Waals surface area (Å²) < 4.78 is 22.6. The van der Waals surface area contributed by atoms with Gasteiger partial charge < -0.3 is 34.5 Å². The quantitative estimate of drug-likeness (QED) is 0.149. The second kappa shape index (κ2) is 17.0. The van der Waals surface area contributed by atoms with E-state index in [0.29, 0.717) is 84.9 Å². The summed E-state index contributed by atoms with van der Waals surface area (Å²) in [7, 11) is 0. The largest absolute Gasteiger partial charge is 0.466 e. The van der Waals surface area contributed by atoms with E-state index in [4.69, 9.17) is 23.9 Å². The second-order valence-electron chi connectivity index (χ2n) is 11.5. The zero-order chi connectivity index (χ0) is 32.2.